The third-order valence-corrected chi connectivity index (χ3v) is 2.79. The molecule has 1 aliphatic rings. The van der Waals surface area contributed by atoms with Gasteiger partial charge in [-0.3, -0.25) is 0 Å². The molecule has 0 aromatic heterocycles. The lowest BCUT2D eigenvalue weighted by molar-refractivity contribution is 0.268. The van der Waals surface area contributed by atoms with Crippen LogP contribution in [0.1, 0.15) is 32.1 Å². The number of aliphatic hydroxyl groups excluding tert-OH is 1. The quantitative estimate of drug-likeness (QED) is 0.520. The molecule has 0 aromatic carbocycles. The molecule has 0 atom stereocenters. The summed E-state index contributed by atoms with van der Waals surface area (Å²) in [5.74, 6) is 0. The molecule has 0 aromatic rings. The van der Waals surface area contributed by atoms with Crippen molar-refractivity contribution in [1.29, 1.82) is 0 Å². The maximum Gasteiger partial charge on any atom is 0.0443 e. The van der Waals surface area contributed by atoms with Crippen molar-refractivity contribution in [3.63, 3.8) is 0 Å². The van der Waals surface area contributed by atoms with Crippen molar-refractivity contribution in [1.82, 2.24) is 5.32 Å². The van der Waals surface area contributed by atoms with Crippen molar-refractivity contribution < 1.29 is 5.11 Å². The highest BCUT2D eigenvalue weighted by Crippen LogP contribution is 2.28. The van der Waals surface area contributed by atoms with Crippen molar-refractivity contribution >= 4 is 0 Å². The molecule has 1 aliphatic carbocycles. The Morgan fingerprint density at radius 2 is 2.00 bits per heavy atom. The molecule has 0 aliphatic heterocycles. The highest BCUT2D eigenvalue weighted by atomic mass is 16.3. The van der Waals surface area contributed by atoms with Crippen LogP contribution in [-0.2, 0) is 0 Å². The fraction of sp³-hybridized carbons (Fsp3) is 1.00. The molecule has 0 spiro atoms. The first-order chi connectivity index (χ1) is 5.83. The number of rotatable bonds is 5. The summed E-state index contributed by atoms with van der Waals surface area (Å²) in [4.78, 5) is 0. The Labute approximate surface area is 74.3 Å². The van der Waals surface area contributed by atoms with Crippen LogP contribution in [0.5, 0.6) is 0 Å². The molecule has 0 heterocycles. The maximum absolute atomic E-state index is 8.63. The molecule has 0 unspecified atom stereocenters. The van der Waals surface area contributed by atoms with E-state index < -0.39 is 0 Å². The highest BCUT2D eigenvalue weighted by molar-refractivity contribution is 4.93. The van der Waals surface area contributed by atoms with Crippen LogP contribution in [0.25, 0.3) is 0 Å². The van der Waals surface area contributed by atoms with Crippen LogP contribution in [0.15, 0.2) is 0 Å². The van der Waals surface area contributed by atoms with Gasteiger partial charge in [0.25, 0.3) is 0 Å². The van der Waals surface area contributed by atoms with Crippen molar-refractivity contribution in [3.05, 3.63) is 0 Å². The zero-order chi connectivity index (χ0) is 8.86. The zero-order valence-electron chi connectivity index (χ0n) is 7.68. The van der Waals surface area contributed by atoms with E-state index >= 15 is 0 Å². The van der Waals surface area contributed by atoms with Crippen molar-refractivity contribution in [2.24, 2.45) is 5.73 Å². The van der Waals surface area contributed by atoms with E-state index in [-0.39, 0.29) is 12.1 Å². The molecule has 72 valence electrons. The van der Waals surface area contributed by atoms with E-state index in [4.69, 9.17) is 10.8 Å². The summed E-state index contributed by atoms with van der Waals surface area (Å²) in [6, 6.07) is 0. The summed E-state index contributed by atoms with van der Waals surface area (Å²) in [6.45, 7) is 1.90. The Hall–Kier alpha value is -0.120. The Morgan fingerprint density at radius 1 is 1.33 bits per heavy atom. The van der Waals surface area contributed by atoms with Crippen LogP contribution in [0.2, 0.25) is 0 Å². The van der Waals surface area contributed by atoms with Gasteiger partial charge < -0.3 is 16.2 Å². The largest absolute Gasteiger partial charge is 0.396 e. The molecule has 0 saturated heterocycles. The molecular formula is C9H20N2O. The number of nitrogens with one attached hydrogen (secondary N) is 1. The SMILES string of the molecule is NCC1(NCCCO)CCCC1. The molecule has 12 heavy (non-hydrogen) atoms. The van der Waals surface area contributed by atoms with E-state index in [1.54, 1.807) is 0 Å². The summed E-state index contributed by atoms with van der Waals surface area (Å²) >= 11 is 0. The number of hydrogen-bond donors (Lipinski definition) is 3. The molecule has 4 N–H and O–H groups in total. The second-order valence-corrected chi connectivity index (χ2v) is 3.70. The Bertz CT molecular complexity index is 122. The molecule has 0 radical (unpaired) electrons. The van der Waals surface area contributed by atoms with Gasteiger partial charge in [0.2, 0.25) is 0 Å². The molecule has 1 fully saturated rings. The number of hydrogen-bond acceptors (Lipinski definition) is 3. The second kappa shape index (κ2) is 4.80. The minimum atomic E-state index is 0.204. The lowest BCUT2D eigenvalue weighted by atomic mass is 9.98. The van der Waals surface area contributed by atoms with Gasteiger partial charge >= 0.3 is 0 Å². The topological polar surface area (TPSA) is 58.3 Å². The van der Waals surface area contributed by atoms with Gasteiger partial charge in [0.15, 0.2) is 0 Å². The predicted octanol–water partition coefficient (Wildman–Crippen LogP) is 0.230. The molecular weight excluding hydrogens is 152 g/mol. The fourth-order valence-corrected chi connectivity index (χ4v) is 1.94. The third kappa shape index (κ3) is 2.44. The maximum atomic E-state index is 8.63. The van der Waals surface area contributed by atoms with Crippen LogP contribution >= 0.6 is 0 Å². The highest BCUT2D eigenvalue weighted by Gasteiger charge is 2.31. The van der Waals surface area contributed by atoms with Crippen LogP contribution in [-0.4, -0.2) is 30.3 Å². The Balaban J connectivity index is 2.24. The van der Waals surface area contributed by atoms with Gasteiger partial charge in [-0.05, 0) is 25.8 Å². The lowest BCUT2D eigenvalue weighted by Gasteiger charge is -2.28. The van der Waals surface area contributed by atoms with Gasteiger partial charge in [-0.2, -0.15) is 0 Å². The first-order valence-corrected chi connectivity index (χ1v) is 4.89. The first-order valence-electron chi connectivity index (χ1n) is 4.89. The molecule has 3 nitrogen and oxygen atoms in total. The molecule has 3 heteroatoms. The molecule has 1 saturated carbocycles. The summed E-state index contributed by atoms with van der Waals surface area (Å²) in [6.07, 6.45) is 5.83. The standard InChI is InChI=1S/C9H20N2O/c10-8-9(4-1-2-5-9)11-6-3-7-12/h11-12H,1-8,10H2. The van der Waals surface area contributed by atoms with Crippen molar-refractivity contribution in [2.75, 3.05) is 19.7 Å². The molecule has 0 bridgehead atoms. The van der Waals surface area contributed by atoms with Gasteiger partial charge in [0.05, 0.1) is 0 Å². The van der Waals surface area contributed by atoms with Crippen molar-refractivity contribution in [3.8, 4) is 0 Å². The third-order valence-electron chi connectivity index (χ3n) is 2.79. The summed E-state index contributed by atoms with van der Waals surface area (Å²) in [5, 5.41) is 12.1. The van der Waals surface area contributed by atoms with E-state index in [0.29, 0.717) is 0 Å². The van der Waals surface area contributed by atoms with E-state index in [2.05, 4.69) is 5.32 Å². The second-order valence-electron chi connectivity index (χ2n) is 3.70. The fourth-order valence-electron chi connectivity index (χ4n) is 1.94. The predicted molar refractivity (Wildman–Crippen MR) is 50.0 cm³/mol. The summed E-state index contributed by atoms with van der Waals surface area (Å²) < 4.78 is 0. The average Bonchev–Trinajstić information content (AvgIpc) is 2.55. The van der Waals surface area contributed by atoms with Crippen molar-refractivity contribution in [2.45, 2.75) is 37.6 Å². The van der Waals surface area contributed by atoms with E-state index in [0.717, 1.165) is 19.5 Å². The zero-order valence-corrected chi connectivity index (χ0v) is 7.68. The van der Waals surface area contributed by atoms with Crippen LogP contribution in [0.3, 0.4) is 0 Å². The monoisotopic (exact) mass is 172 g/mol. The molecule has 1 rings (SSSR count). The van der Waals surface area contributed by atoms with Crippen LogP contribution < -0.4 is 11.1 Å². The number of nitrogens with two attached hydrogens (primary N) is 1. The molecule has 0 amide bonds. The normalized spacial score (nSPS) is 21.5. The van der Waals surface area contributed by atoms with E-state index in [1.807, 2.05) is 0 Å². The van der Waals surface area contributed by atoms with Gasteiger partial charge in [-0.15, -0.1) is 0 Å². The minimum absolute atomic E-state index is 0.204. The smallest absolute Gasteiger partial charge is 0.0443 e. The van der Waals surface area contributed by atoms with Crippen LogP contribution in [0.4, 0.5) is 0 Å². The van der Waals surface area contributed by atoms with Gasteiger partial charge in [0, 0.05) is 18.7 Å². The lowest BCUT2D eigenvalue weighted by Crippen LogP contribution is -2.49. The van der Waals surface area contributed by atoms with Gasteiger partial charge in [-0.25, -0.2) is 0 Å². The Kier molecular flexibility index (Phi) is 3.98. The van der Waals surface area contributed by atoms with Gasteiger partial charge in [0.1, 0.15) is 0 Å². The minimum Gasteiger partial charge on any atom is -0.396 e. The van der Waals surface area contributed by atoms with E-state index in [9.17, 15) is 0 Å². The first kappa shape index (κ1) is 9.96. The Morgan fingerprint density at radius 3 is 2.50 bits per heavy atom. The number of aliphatic hydroxyl groups is 1. The van der Waals surface area contributed by atoms with Gasteiger partial charge in [-0.1, -0.05) is 12.8 Å². The average molecular weight is 172 g/mol. The van der Waals surface area contributed by atoms with E-state index in [1.165, 1.54) is 25.7 Å². The summed E-state index contributed by atoms with van der Waals surface area (Å²) in [5.41, 5.74) is 5.93. The van der Waals surface area contributed by atoms with Crippen LogP contribution in [0, 0.1) is 0 Å². The summed E-state index contributed by atoms with van der Waals surface area (Å²) in [7, 11) is 0.